The standard InChI is InChI=1S/C14H21ClN2.2ClH/c1-13-4-2-3-5-14(13)12-17-10-8-16(7-6-15)9-11-17;;/h2-5H,6-12H2,1H3;2*1H. The molecule has 0 unspecified atom stereocenters. The van der Waals surface area contributed by atoms with Crippen LogP contribution in [0, 0.1) is 6.92 Å². The summed E-state index contributed by atoms with van der Waals surface area (Å²) in [5.41, 5.74) is 2.86. The first-order valence-corrected chi connectivity index (χ1v) is 6.88. The lowest BCUT2D eigenvalue weighted by molar-refractivity contribution is 0.132. The summed E-state index contributed by atoms with van der Waals surface area (Å²) in [5.74, 6) is 0.748. The maximum Gasteiger partial charge on any atom is 0.0351 e. The zero-order chi connectivity index (χ0) is 12.1. The highest BCUT2D eigenvalue weighted by Crippen LogP contribution is 2.12. The van der Waals surface area contributed by atoms with Crippen LogP contribution in [0.2, 0.25) is 0 Å². The van der Waals surface area contributed by atoms with E-state index in [1.54, 1.807) is 0 Å². The van der Waals surface area contributed by atoms with E-state index in [9.17, 15) is 0 Å². The molecule has 0 radical (unpaired) electrons. The van der Waals surface area contributed by atoms with Gasteiger partial charge in [-0.3, -0.25) is 9.80 Å². The molecule has 1 aromatic rings. The Bertz CT molecular complexity index is 352. The number of alkyl halides is 1. The van der Waals surface area contributed by atoms with Crippen molar-refractivity contribution in [2.75, 3.05) is 38.6 Å². The molecule has 1 aliphatic rings. The Morgan fingerprint density at radius 3 is 2.16 bits per heavy atom. The van der Waals surface area contributed by atoms with E-state index in [-0.39, 0.29) is 24.8 Å². The monoisotopic (exact) mass is 324 g/mol. The van der Waals surface area contributed by atoms with Crippen molar-refractivity contribution in [3.63, 3.8) is 0 Å². The number of halogens is 3. The van der Waals surface area contributed by atoms with Crippen LogP contribution in [0.3, 0.4) is 0 Å². The molecule has 0 amide bonds. The average molecular weight is 326 g/mol. The minimum absolute atomic E-state index is 0. The Morgan fingerprint density at radius 2 is 1.58 bits per heavy atom. The summed E-state index contributed by atoms with van der Waals surface area (Å²) in [7, 11) is 0. The van der Waals surface area contributed by atoms with Gasteiger partial charge in [-0.2, -0.15) is 0 Å². The van der Waals surface area contributed by atoms with Crippen molar-refractivity contribution in [3.8, 4) is 0 Å². The van der Waals surface area contributed by atoms with Crippen LogP contribution in [0.15, 0.2) is 24.3 Å². The minimum Gasteiger partial charge on any atom is -0.300 e. The molecule has 0 N–H and O–H groups in total. The number of rotatable bonds is 4. The normalized spacial score (nSPS) is 16.5. The summed E-state index contributed by atoms with van der Waals surface area (Å²) in [4.78, 5) is 4.98. The van der Waals surface area contributed by atoms with Crippen molar-refractivity contribution in [1.29, 1.82) is 0 Å². The zero-order valence-electron chi connectivity index (χ0n) is 11.3. The quantitative estimate of drug-likeness (QED) is 0.784. The fourth-order valence-corrected chi connectivity index (χ4v) is 2.56. The fraction of sp³-hybridized carbons (Fsp3) is 0.571. The van der Waals surface area contributed by atoms with Crippen LogP contribution in [0.1, 0.15) is 11.1 Å². The van der Waals surface area contributed by atoms with Crippen LogP contribution in [0.5, 0.6) is 0 Å². The predicted octanol–water partition coefficient (Wildman–Crippen LogP) is 3.20. The van der Waals surface area contributed by atoms with E-state index in [0.717, 1.165) is 45.1 Å². The van der Waals surface area contributed by atoms with Crippen molar-refractivity contribution in [3.05, 3.63) is 35.4 Å². The molecule has 2 nitrogen and oxygen atoms in total. The number of hydrogen-bond donors (Lipinski definition) is 0. The van der Waals surface area contributed by atoms with Crippen LogP contribution >= 0.6 is 36.4 Å². The Hall–Kier alpha value is 0.01000. The average Bonchev–Trinajstić information content (AvgIpc) is 2.35. The third-order valence-corrected chi connectivity index (χ3v) is 3.69. The van der Waals surface area contributed by atoms with Gasteiger partial charge in [0.1, 0.15) is 0 Å². The molecule has 0 aromatic heterocycles. The van der Waals surface area contributed by atoms with Gasteiger partial charge in [-0.15, -0.1) is 36.4 Å². The van der Waals surface area contributed by atoms with E-state index in [2.05, 4.69) is 41.0 Å². The van der Waals surface area contributed by atoms with E-state index in [4.69, 9.17) is 11.6 Å². The SMILES string of the molecule is Cc1ccccc1CN1CCN(CCCl)CC1.Cl.Cl. The topological polar surface area (TPSA) is 6.48 Å². The first-order chi connectivity index (χ1) is 8.29. The lowest BCUT2D eigenvalue weighted by atomic mass is 10.1. The van der Waals surface area contributed by atoms with Gasteiger partial charge in [-0.05, 0) is 18.1 Å². The van der Waals surface area contributed by atoms with Gasteiger partial charge in [0.05, 0.1) is 0 Å². The predicted molar refractivity (Wildman–Crippen MR) is 88.1 cm³/mol. The van der Waals surface area contributed by atoms with Gasteiger partial charge >= 0.3 is 0 Å². The summed E-state index contributed by atoms with van der Waals surface area (Å²) < 4.78 is 0. The maximum atomic E-state index is 5.77. The lowest BCUT2D eigenvalue weighted by Gasteiger charge is -2.34. The van der Waals surface area contributed by atoms with Crippen LogP contribution in [0.4, 0.5) is 0 Å². The first-order valence-electron chi connectivity index (χ1n) is 6.35. The van der Waals surface area contributed by atoms with Gasteiger partial charge in [0, 0.05) is 45.1 Å². The van der Waals surface area contributed by atoms with Gasteiger partial charge in [-0.1, -0.05) is 24.3 Å². The third kappa shape index (κ3) is 5.88. The summed E-state index contributed by atoms with van der Waals surface area (Å²) in [6, 6.07) is 8.67. The highest BCUT2D eigenvalue weighted by molar-refractivity contribution is 6.18. The number of aryl methyl sites for hydroxylation is 1. The van der Waals surface area contributed by atoms with Crippen molar-refractivity contribution >= 4 is 36.4 Å². The largest absolute Gasteiger partial charge is 0.300 e. The molecule has 0 atom stereocenters. The van der Waals surface area contributed by atoms with E-state index in [1.165, 1.54) is 11.1 Å². The molecule has 0 saturated carbocycles. The second kappa shape index (κ2) is 9.84. The Morgan fingerprint density at radius 1 is 1.00 bits per heavy atom. The van der Waals surface area contributed by atoms with Crippen molar-refractivity contribution in [1.82, 2.24) is 9.80 Å². The molecule has 0 spiro atoms. The number of piperazine rings is 1. The molecule has 0 aliphatic carbocycles. The third-order valence-electron chi connectivity index (χ3n) is 3.52. The second-order valence-corrected chi connectivity index (χ2v) is 5.11. The second-order valence-electron chi connectivity index (χ2n) is 4.73. The van der Waals surface area contributed by atoms with Crippen LogP contribution in [-0.4, -0.2) is 48.4 Å². The lowest BCUT2D eigenvalue weighted by Crippen LogP contribution is -2.46. The maximum absolute atomic E-state index is 5.77. The molecule has 110 valence electrons. The van der Waals surface area contributed by atoms with Gasteiger partial charge in [0.25, 0.3) is 0 Å². The molecule has 2 rings (SSSR count). The molecular formula is C14H23Cl3N2. The van der Waals surface area contributed by atoms with Gasteiger partial charge in [0.15, 0.2) is 0 Å². The fourth-order valence-electron chi connectivity index (χ4n) is 2.32. The summed E-state index contributed by atoms with van der Waals surface area (Å²) in [6.07, 6.45) is 0. The van der Waals surface area contributed by atoms with E-state index < -0.39 is 0 Å². The molecule has 5 heteroatoms. The van der Waals surface area contributed by atoms with Crippen LogP contribution < -0.4 is 0 Å². The van der Waals surface area contributed by atoms with Gasteiger partial charge in [-0.25, -0.2) is 0 Å². The molecule has 19 heavy (non-hydrogen) atoms. The highest BCUT2D eigenvalue weighted by Gasteiger charge is 2.16. The molecule has 1 saturated heterocycles. The Kier molecular flexibility index (Phi) is 9.85. The Labute approximate surface area is 133 Å². The van der Waals surface area contributed by atoms with E-state index >= 15 is 0 Å². The van der Waals surface area contributed by atoms with Gasteiger partial charge in [0.2, 0.25) is 0 Å². The Balaban J connectivity index is 0.00000162. The minimum atomic E-state index is 0. The first kappa shape index (κ1) is 19.0. The summed E-state index contributed by atoms with van der Waals surface area (Å²) >= 11 is 5.77. The zero-order valence-corrected chi connectivity index (χ0v) is 13.7. The molecule has 1 aliphatic heterocycles. The van der Waals surface area contributed by atoms with E-state index in [0.29, 0.717) is 0 Å². The van der Waals surface area contributed by atoms with Gasteiger partial charge < -0.3 is 0 Å². The molecule has 1 heterocycles. The smallest absolute Gasteiger partial charge is 0.0351 e. The summed E-state index contributed by atoms with van der Waals surface area (Å²) in [6.45, 7) is 8.92. The van der Waals surface area contributed by atoms with Crippen molar-refractivity contribution < 1.29 is 0 Å². The number of nitrogens with zero attached hydrogens (tertiary/aromatic N) is 2. The summed E-state index contributed by atoms with van der Waals surface area (Å²) in [5, 5.41) is 0. The van der Waals surface area contributed by atoms with E-state index in [1.807, 2.05) is 0 Å². The molecule has 1 aromatic carbocycles. The molecular weight excluding hydrogens is 303 g/mol. The number of hydrogen-bond acceptors (Lipinski definition) is 2. The highest BCUT2D eigenvalue weighted by atomic mass is 35.5. The molecule has 1 fully saturated rings. The number of benzene rings is 1. The van der Waals surface area contributed by atoms with Crippen molar-refractivity contribution in [2.24, 2.45) is 0 Å². The van der Waals surface area contributed by atoms with Crippen LogP contribution in [-0.2, 0) is 6.54 Å². The molecule has 0 bridgehead atoms. The van der Waals surface area contributed by atoms with Crippen LogP contribution in [0.25, 0.3) is 0 Å². The van der Waals surface area contributed by atoms with Crippen molar-refractivity contribution in [2.45, 2.75) is 13.5 Å².